The second-order valence-electron chi connectivity index (χ2n) is 4.76. The third-order valence-electron chi connectivity index (χ3n) is 3.66. The van der Waals surface area contributed by atoms with Crippen LogP contribution in [0.15, 0.2) is 36.4 Å². The van der Waals surface area contributed by atoms with E-state index in [4.69, 9.17) is 14.2 Å². The molecule has 0 saturated heterocycles. The Balaban J connectivity index is 2.32. The molecule has 1 heterocycles. The molecule has 4 nitrogen and oxygen atoms in total. The predicted octanol–water partition coefficient (Wildman–Crippen LogP) is 3.08. The van der Waals surface area contributed by atoms with Gasteiger partial charge in [-0.25, -0.2) is 4.79 Å². The van der Waals surface area contributed by atoms with Crippen LogP contribution in [0.3, 0.4) is 0 Å². The van der Waals surface area contributed by atoms with Gasteiger partial charge in [0.25, 0.3) is 0 Å². The monoisotopic (exact) mass is 284 g/mol. The molecule has 0 bridgehead atoms. The highest BCUT2D eigenvalue weighted by atomic mass is 16.5. The fraction of sp³-hybridized carbons (Fsp3) is 0.235. The summed E-state index contributed by atoms with van der Waals surface area (Å²) in [6.07, 6.45) is 0.715. The first kappa shape index (κ1) is 13.5. The Kier molecular flexibility index (Phi) is 3.52. The van der Waals surface area contributed by atoms with Crippen LogP contribution in [-0.2, 0) is 11.2 Å². The van der Waals surface area contributed by atoms with Gasteiger partial charge < -0.3 is 14.2 Å². The van der Waals surface area contributed by atoms with Crippen LogP contribution >= 0.6 is 0 Å². The Hall–Kier alpha value is -2.49. The van der Waals surface area contributed by atoms with Crippen LogP contribution in [0, 0.1) is 0 Å². The minimum atomic E-state index is -0.309. The van der Waals surface area contributed by atoms with Crippen molar-refractivity contribution >= 4 is 5.97 Å². The van der Waals surface area contributed by atoms with Crippen LogP contribution in [0.1, 0.15) is 15.9 Å². The zero-order valence-electron chi connectivity index (χ0n) is 12.0. The molecular formula is C17H16O4. The molecule has 1 aliphatic rings. The van der Waals surface area contributed by atoms with Gasteiger partial charge in [-0.15, -0.1) is 0 Å². The second kappa shape index (κ2) is 5.48. The van der Waals surface area contributed by atoms with Crippen LogP contribution in [0.25, 0.3) is 11.1 Å². The summed E-state index contributed by atoms with van der Waals surface area (Å²) < 4.78 is 16.1. The Bertz CT molecular complexity index is 691. The molecule has 108 valence electrons. The lowest BCUT2D eigenvalue weighted by molar-refractivity contribution is 0.0481. The first-order chi connectivity index (χ1) is 10.3. The minimum absolute atomic E-state index is 0.309. The summed E-state index contributed by atoms with van der Waals surface area (Å²) in [4.78, 5) is 12.2. The topological polar surface area (TPSA) is 44.8 Å². The predicted molar refractivity (Wildman–Crippen MR) is 79.0 cm³/mol. The first-order valence-corrected chi connectivity index (χ1v) is 6.76. The average molecular weight is 284 g/mol. The second-order valence-corrected chi connectivity index (χ2v) is 4.76. The largest absolute Gasteiger partial charge is 0.496 e. The Labute approximate surface area is 123 Å². The molecule has 0 unspecified atom stereocenters. The Morgan fingerprint density at radius 3 is 2.48 bits per heavy atom. The van der Waals surface area contributed by atoms with Gasteiger partial charge in [0.1, 0.15) is 11.5 Å². The zero-order valence-corrected chi connectivity index (χ0v) is 12.0. The van der Waals surface area contributed by atoms with Crippen molar-refractivity contribution in [1.82, 2.24) is 0 Å². The van der Waals surface area contributed by atoms with Crippen molar-refractivity contribution in [1.29, 1.82) is 0 Å². The lowest BCUT2D eigenvalue weighted by Gasteiger charge is -2.22. The van der Waals surface area contributed by atoms with Gasteiger partial charge in [0.15, 0.2) is 0 Å². The van der Waals surface area contributed by atoms with E-state index in [2.05, 4.69) is 0 Å². The standard InChI is InChI=1S/C17H16O4/c1-19-13-6-4-3-5-12(13)16-14(20-2)8-7-11-9-10-21-17(18)15(11)16/h3-8H,9-10H2,1-2H3. The Morgan fingerprint density at radius 2 is 1.71 bits per heavy atom. The van der Waals surface area contributed by atoms with Crippen LogP contribution < -0.4 is 9.47 Å². The SMILES string of the molecule is COc1ccccc1-c1c(OC)ccc2c1C(=O)OCC2. The maximum Gasteiger partial charge on any atom is 0.339 e. The summed E-state index contributed by atoms with van der Waals surface area (Å²) in [6, 6.07) is 11.4. The summed E-state index contributed by atoms with van der Waals surface area (Å²) in [5, 5.41) is 0. The van der Waals surface area contributed by atoms with Crippen molar-refractivity contribution in [3.63, 3.8) is 0 Å². The van der Waals surface area contributed by atoms with Gasteiger partial charge in [0.2, 0.25) is 0 Å². The van der Waals surface area contributed by atoms with Gasteiger partial charge in [-0.1, -0.05) is 24.3 Å². The van der Waals surface area contributed by atoms with Gasteiger partial charge in [0, 0.05) is 17.5 Å². The molecular weight excluding hydrogens is 268 g/mol. The zero-order chi connectivity index (χ0) is 14.8. The molecule has 0 aromatic heterocycles. The summed E-state index contributed by atoms with van der Waals surface area (Å²) in [6.45, 7) is 0.420. The van der Waals surface area contributed by atoms with Gasteiger partial charge >= 0.3 is 5.97 Å². The number of ether oxygens (including phenoxy) is 3. The molecule has 1 aliphatic heterocycles. The van der Waals surface area contributed by atoms with Gasteiger partial charge in [-0.3, -0.25) is 0 Å². The molecule has 3 rings (SSSR count). The van der Waals surface area contributed by atoms with Crippen molar-refractivity contribution in [2.45, 2.75) is 6.42 Å². The lowest BCUT2D eigenvalue weighted by Crippen LogP contribution is -2.19. The van der Waals surface area contributed by atoms with Crippen molar-refractivity contribution < 1.29 is 19.0 Å². The number of esters is 1. The Morgan fingerprint density at radius 1 is 0.952 bits per heavy atom. The molecule has 0 radical (unpaired) electrons. The molecule has 2 aromatic rings. The van der Waals surface area contributed by atoms with E-state index in [9.17, 15) is 4.79 Å². The molecule has 0 spiro atoms. The average Bonchev–Trinajstić information content (AvgIpc) is 2.54. The third-order valence-corrected chi connectivity index (χ3v) is 3.66. The molecule has 0 amide bonds. The molecule has 0 saturated carbocycles. The van der Waals surface area contributed by atoms with Crippen LogP contribution in [0.2, 0.25) is 0 Å². The number of cyclic esters (lactones) is 1. The number of methoxy groups -OCH3 is 2. The molecule has 0 fully saturated rings. The van der Waals surface area contributed by atoms with E-state index in [0.717, 1.165) is 16.7 Å². The van der Waals surface area contributed by atoms with Crippen molar-refractivity contribution in [3.8, 4) is 22.6 Å². The summed E-state index contributed by atoms with van der Waals surface area (Å²) >= 11 is 0. The van der Waals surface area contributed by atoms with E-state index in [1.807, 2.05) is 36.4 Å². The van der Waals surface area contributed by atoms with E-state index >= 15 is 0 Å². The number of benzene rings is 2. The number of para-hydroxylation sites is 1. The molecule has 0 N–H and O–H groups in total. The number of carbonyl (C=O) groups is 1. The summed E-state index contributed by atoms with van der Waals surface area (Å²) in [5.41, 5.74) is 3.11. The minimum Gasteiger partial charge on any atom is -0.496 e. The molecule has 0 atom stereocenters. The van der Waals surface area contributed by atoms with Crippen LogP contribution in [-0.4, -0.2) is 26.8 Å². The lowest BCUT2D eigenvalue weighted by atomic mass is 9.91. The van der Waals surface area contributed by atoms with E-state index in [-0.39, 0.29) is 5.97 Å². The van der Waals surface area contributed by atoms with Crippen LogP contribution in [0.5, 0.6) is 11.5 Å². The normalized spacial score (nSPS) is 13.3. The fourth-order valence-electron chi connectivity index (χ4n) is 2.68. The quantitative estimate of drug-likeness (QED) is 0.812. The number of fused-ring (bicyclic) bond motifs is 1. The molecule has 4 heteroatoms. The summed E-state index contributed by atoms with van der Waals surface area (Å²) in [7, 11) is 3.20. The van der Waals surface area contributed by atoms with Gasteiger partial charge in [-0.05, 0) is 17.7 Å². The highest BCUT2D eigenvalue weighted by molar-refractivity contribution is 6.02. The summed E-state index contributed by atoms with van der Waals surface area (Å²) in [5.74, 6) is 1.02. The molecule has 0 aliphatic carbocycles. The first-order valence-electron chi connectivity index (χ1n) is 6.76. The molecule has 2 aromatic carbocycles. The highest BCUT2D eigenvalue weighted by Crippen LogP contribution is 2.41. The highest BCUT2D eigenvalue weighted by Gasteiger charge is 2.27. The fourth-order valence-corrected chi connectivity index (χ4v) is 2.68. The van der Waals surface area contributed by atoms with E-state index in [0.29, 0.717) is 30.1 Å². The molecule has 21 heavy (non-hydrogen) atoms. The maximum absolute atomic E-state index is 12.2. The van der Waals surface area contributed by atoms with E-state index in [1.165, 1.54) is 0 Å². The number of hydrogen-bond acceptors (Lipinski definition) is 4. The third kappa shape index (κ3) is 2.23. The van der Waals surface area contributed by atoms with E-state index in [1.54, 1.807) is 14.2 Å². The van der Waals surface area contributed by atoms with Crippen molar-refractivity contribution in [2.75, 3.05) is 20.8 Å². The van der Waals surface area contributed by atoms with E-state index < -0.39 is 0 Å². The number of rotatable bonds is 3. The number of hydrogen-bond donors (Lipinski definition) is 0. The van der Waals surface area contributed by atoms with Crippen LogP contribution in [0.4, 0.5) is 0 Å². The van der Waals surface area contributed by atoms with Gasteiger partial charge in [0.05, 0.1) is 26.4 Å². The van der Waals surface area contributed by atoms with Crippen molar-refractivity contribution in [3.05, 3.63) is 47.5 Å². The smallest absolute Gasteiger partial charge is 0.339 e. The van der Waals surface area contributed by atoms with Crippen molar-refractivity contribution in [2.24, 2.45) is 0 Å². The van der Waals surface area contributed by atoms with Gasteiger partial charge in [-0.2, -0.15) is 0 Å². The maximum atomic E-state index is 12.2. The number of carbonyl (C=O) groups excluding carboxylic acids is 1.